The van der Waals surface area contributed by atoms with Crippen LogP contribution < -0.4 is 0 Å². The Labute approximate surface area is 131 Å². The maximum absolute atomic E-state index is 12.7. The summed E-state index contributed by atoms with van der Waals surface area (Å²) in [6.07, 6.45) is 5.13. The summed E-state index contributed by atoms with van der Waals surface area (Å²) < 4.78 is 0. The van der Waals surface area contributed by atoms with Crippen molar-refractivity contribution >= 4 is 35.2 Å². The molecule has 8 heteroatoms. The fraction of sp³-hybridized carbons (Fsp3) is 0.538. The molecule has 1 saturated heterocycles. The molecule has 21 heavy (non-hydrogen) atoms. The lowest BCUT2D eigenvalue weighted by molar-refractivity contribution is -0.150. The molecule has 1 unspecified atom stereocenters. The summed E-state index contributed by atoms with van der Waals surface area (Å²) in [6, 6.07) is 0. The molecular weight excluding hydrogens is 314 g/mol. The molecule has 0 radical (unpaired) electrons. The molecule has 1 atom stereocenters. The Kier molecular flexibility index (Phi) is 4.73. The third-order valence-corrected chi connectivity index (χ3v) is 4.54. The molecule has 0 spiro atoms. The highest BCUT2D eigenvalue weighted by Crippen LogP contribution is 2.31. The Bertz CT molecular complexity index is 584. The van der Waals surface area contributed by atoms with Crippen molar-refractivity contribution in [3.8, 4) is 0 Å². The zero-order valence-electron chi connectivity index (χ0n) is 11.8. The fourth-order valence-electron chi connectivity index (χ4n) is 2.40. The summed E-state index contributed by atoms with van der Waals surface area (Å²) in [7, 11) is 0. The Morgan fingerprint density at radius 2 is 2.19 bits per heavy atom. The van der Waals surface area contributed by atoms with Gasteiger partial charge in [-0.15, -0.1) is 0 Å². The Morgan fingerprint density at radius 1 is 1.48 bits per heavy atom. The van der Waals surface area contributed by atoms with Gasteiger partial charge >= 0.3 is 5.97 Å². The molecular formula is C13H16ClN3O3S. The van der Waals surface area contributed by atoms with Gasteiger partial charge < -0.3 is 10.0 Å². The van der Waals surface area contributed by atoms with Gasteiger partial charge in [-0.3, -0.25) is 4.79 Å². The van der Waals surface area contributed by atoms with Crippen molar-refractivity contribution in [2.45, 2.75) is 36.9 Å². The van der Waals surface area contributed by atoms with Gasteiger partial charge in [-0.2, -0.15) is 0 Å². The maximum Gasteiger partial charge on any atom is 0.329 e. The molecule has 1 aromatic heterocycles. The van der Waals surface area contributed by atoms with Crippen molar-refractivity contribution < 1.29 is 14.7 Å². The number of hydrogen-bond acceptors (Lipinski definition) is 5. The van der Waals surface area contributed by atoms with Crippen molar-refractivity contribution in [1.82, 2.24) is 14.9 Å². The first-order chi connectivity index (χ1) is 9.90. The lowest BCUT2D eigenvalue weighted by Crippen LogP contribution is -2.57. The minimum absolute atomic E-state index is 0.0605. The molecule has 0 bridgehead atoms. The molecule has 1 amide bonds. The number of likely N-dealkylation sites (tertiary alicyclic amines) is 1. The second-order valence-electron chi connectivity index (χ2n) is 5.05. The van der Waals surface area contributed by atoms with Gasteiger partial charge in [0.25, 0.3) is 5.91 Å². The van der Waals surface area contributed by atoms with E-state index in [1.54, 1.807) is 13.2 Å². The highest BCUT2D eigenvalue weighted by molar-refractivity contribution is 7.98. The van der Waals surface area contributed by atoms with E-state index in [1.807, 2.05) is 0 Å². The van der Waals surface area contributed by atoms with E-state index in [4.69, 9.17) is 11.6 Å². The summed E-state index contributed by atoms with van der Waals surface area (Å²) in [6.45, 7) is 1.95. The third kappa shape index (κ3) is 2.98. The van der Waals surface area contributed by atoms with Gasteiger partial charge in [-0.1, -0.05) is 23.4 Å². The van der Waals surface area contributed by atoms with Crippen LogP contribution in [-0.4, -0.2) is 50.2 Å². The van der Waals surface area contributed by atoms with Crippen molar-refractivity contribution in [3.05, 3.63) is 16.9 Å². The number of hydrogen-bond donors (Lipinski definition) is 1. The molecule has 6 nitrogen and oxygen atoms in total. The fourth-order valence-corrected chi connectivity index (χ4v) is 2.91. The molecule has 1 aromatic rings. The van der Waals surface area contributed by atoms with Gasteiger partial charge in [0.05, 0.1) is 11.2 Å². The van der Waals surface area contributed by atoms with Crippen LogP contribution in [0, 0.1) is 0 Å². The third-order valence-electron chi connectivity index (χ3n) is 3.70. The number of aromatic nitrogens is 2. The average molecular weight is 330 g/mol. The quantitative estimate of drug-likeness (QED) is 0.677. The Balaban J connectivity index is 2.40. The van der Waals surface area contributed by atoms with Gasteiger partial charge in [0, 0.05) is 6.54 Å². The van der Waals surface area contributed by atoms with Crippen LogP contribution in [0.5, 0.6) is 0 Å². The Hall–Kier alpha value is -1.34. The van der Waals surface area contributed by atoms with Crippen molar-refractivity contribution in [2.24, 2.45) is 0 Å². The topological polar surface area (TPSA) is 83.4 Å². The first-order valence-electron chi connectivity index (χ1n) is 6.52. The number of halogens is 1. The van der Waals surface area contributed by atoms with Crippen LogP contribution in [0.2, 0.25) is 5.02 Å². The van der Waals surface area contributed by atoms with Crippen molar-refractivity contribution in [1.29, 1.82) is 0 Å². The van der Waals surface area contributed by atoms with E-state index >= 15 is 0 Å². The molecule has 1 fully saturated rings. The Morgan fingerprint density at radius 3 is 2.81 bits per heavy atom. The van der Waals surface area contributed by atoms with E-state index in [2.05, 4.69) is 9.97 Å². The van der Waals surface area contributed by atoms with Crippen LogP contribution in [0.25, 0.3) is 0 Å². The average Bonchev–Trinajstić information content (AvgIpc) is 2.47. The lowest BCUT2D eigenvalue weighted by Gasteiger charge is -2.41. The first kappa shape index (κ1) is 16.0. The van der Waals surface area contributed by atoms with Gasteiger partial charge in [0.1, 0.15) is 5.54 Å². The molecule has 0 aliphatic carbocycles. The largest absolute Gasteiger partial charge is 0.480 e. The van der Waals surface area contributed by atoms with E-state index in [1.165, 1.54) is 22.9 Å². The maximum atomic E-state index is 12.7. The van der Waals surface area contributed by atoms with E-state index in [0.717, 1.165) is 12.8 Å². The molecule has 114 valence electrons. The lowest BCUT2D eigenvalue weighted by atomic mass is 9.88. The van der Waals surface area contributed by atoms with E-state index < -0.39 is 17.4 Å². The molecule has 2 rings (SSSR count). The standard InChI is InChI=1S/C13H16ClN3O3S/c1-13(11(19)20)5-3-4-6-17(13)10(18)9-8(14)7-15-12(16-9)21-2/h7H,3-6H2,1-2H3,(H,19,20). The van der Waals surface area contributed by atoms with Crippen LogP contribution in [-0.2, 0) is 4.79 Å². The SMILES string of the molecule is CSc1ncc(Cl)c(C(=O)N2CCCCC2(C)C(=O)O)n1. The monoisotopic (exact) mass is 329 g/mol. The van der Waals surface area contributed by atoms with Gasteiger partial charge in [0.2, 0.25) is 0 Å². The summed E-state index contributed by atoms with van der Waals surface area (Å²) in [5.41, 5.74) is -1.16. The number of carbonyl (C=O) groups is 2. The first-order valence-corrected chi connectivity index (χ1v) is 8.12. The number of amides is 1. The molecule has 1 N–H and O–H groups in total. The molecule has 1 aliphatic heterocycles. The molecule has 2 heterocycles. The van der Waals surface area contributed by atoms with Gasteiger partial charge in [-0.25, -0.2) is 14.8 Å². The van der Waals surface area contributed by atoms with Crippen molar-refractivity contribution in [2.75, 3.05) is 12.8 Å². The number of carboxylic acids is 1. The van der Waals surface area contributed by atoms with E-state index in [9.17, 15) is 14.7 Å². The highest BCUT2D eigenvalue weighted by atomic mass is 35.5. The zero-order chi connectivity index (χ0) is 15.6. The van der Waals surface area contributed by atoms with Crippen LogP contribution in [0.15, 0.2) is 11.4 Å². The van der Waals surface area contributed by atoms with E-state index in [0.29, 0.717) is 18.1 Å². The summed E-state index contributed by atoms with van der Waals surface area (Å²) in [4.78, 5) is 33.7. The molecule has 1 aliphatic rings. The number of piperidine rings is 1. The predicted molar refractivity (Wildman–Crippen MR) is 79.8 cm³/mol. The minimum atomic E-state index is -1.22. The van der Waals surface area contributed by atoms with E-state index in [-0.39, 0.29) is 10.7 Å². The second kappa shape index (κ2) is 6.19. The van der Waals surface area contributed by atoms with Crippen LogP contribution in [0.3, 0.4) is 0 Å². The zero-order valence-corrected chi connectivity index (χ0v) is 13.4. The summed E-state index contributed by atoms with van der Waals surface area (Å²) >= 11 is 7.30. The van der Waals surface area contributed by atoms with Crippen LogP contribution >= 0.6 is 23.4 Å². The van der Waals surface area contributed by atoms with Crippen LogP contribution in [0.1, 0.15) is 36.7 Å². The number of nitrogens with zero attached hydrogens (tertiary/aromatic N) is 3. The van der Waals surface area contributed by atoms with Gasteiger partial charge in [-0.05, 0) is 32.4 Å². The summed E-state index contributed by atoms with van der Waals surface area (Å²) in [5.74, 6) is -1.46. The minimum Gasteiger partial charge on any atom is -0.480 e. The second-order valence-corrected chi connectivity index (χ2v) is 6.23. The number of carbonyl (C=O) groups excluding carboxylic acids is 1. The number of thioether (sulfide) groups is 1. The smallest absolute Gasteiger partial charge is 0.329 e. The number of rotatable bonds is 3. The predicted octanol–water partition coefficient (Wildman–Crippen LogP) is 2.32. The number of carboxylic acid groups (broad SMARTS) is 1. The van der Waals surface area contributed by atoms with Crippen molar-refractivity contribution in [3.63, 3.8) is 0 Å². The molecule has 0 saturated carbocycles. The summed E-state index contributed by atoms with van der Waals surface area (Å²) in [5, 5.41) is 10.0. The highest BCUT2D eigenvalue weighted by Gasteiger charge is 2.44. The normalized spacial score (nSPS) is 22.1. The molecule has 0 aromatic carbocycles. The van der Waals surface area contributed by atoms with Crippen LogP contribution in [0.4, 0.5) is 0 Å². The number of aliphatic carboxylic acids is 1. The van der Waals surface area contributed by atoms with Gasteiger partial charge in [0.15, 0.2) is 10.9 Å².